The molecule has 0 atom stereocenters. The summed E-state index contributed by atoms with van der Waals surface area (Å²) in [7, 11) is 0. The summed E-state index contributed by atoms with van der Waals surface area (Å²) >= 11 is 6.28. The normalized spacial score (nSPS) is 10.8. The average molecular weight is 479 g/mol. The third-order valence-corrected chi connectivity index (χ3v) is 4.86. The molecule has 0 bridgehead atoms. The van der Waals surface area contributed by atoms with Gasteiger partial charge in [0.2, 0.25) is 0 Å². The van der Waals surface area contributed by atoms with Crippen LogP contribution in [0.1, 0.15) is 28.4 Å². The fraction of sp³-hybridized carbons (Fsp3) is 0.115. The van der Waals surface area contributed by atoms with Crippen LogP contribution in [-0.2, 0) is 16.1 Å². The number of anilines is 1. The molecule has 0 unspecified atom stereocenters. The van der Waals surface area contributed by atoms with Crippen LogP contribution < -0.4 is 10.1 Å². The molecule has 8 heteroatoms. The van der Waals surface area contributed by atoms with E-state index in [-0.39, 0.29) is 29.6 Å². The third-order valence-electron chi connectivity index (χ3n) is 4.57. The van der Waals surface area contributed by atoms with Gasteiger partial charge in [-0.25, -0.2) is 9.18 Å². The van der Waals surface area contributed by atoms with Gasteiger partial charge in [-0.2, -0.15) is 5.26 Å². The summed E-state index contributed by atoms with van der Waals surface area (Å²) in [5, 5.41) is 12.3. The number of nitrogens with zero attached hydrogens (tertiary/aromatic N) is 1. The molecule has 0 heterocycles. The van der Waals surface area contributed by atoms with Crippen LogP contribution in [0.15, 0.2) is 72.3 Å². The highest BCUT2D eigenvalue weighted by Crippen LogP contribution is 2.27. The van der Waals surface area contributed by atoms with Gasteiger partial charge in [0.15, 0.2) is 0 Å². The summed E-state index contributed by atoms with van der Waals surface area (Å²) in [6, 6.07) is 18.8. The molecule has 1 amide bonds. The number of hydrogen-bond donors (Lipinski definition) is 1. The Balaban J connectivity index is 1.67. The van der Waals surface area contributed by atoms with Gasteiger partial charge in [0.25, 0.3) is 5.91 Å². The van der Waals surface area contributed by atoms with E-state index in [2.05, 4.69) is 5.32 Å². The van der Waals surface area contributed by atoms with E-state index in [1.54, 1.807) is 49.4 Å². The molecule has 6 nitrogen and oxygen atoms in total. The first-order chi connectivity index (χ1) is 16.4. The maximum Gasteiger partial charge on any atom is 0.338 e. The maximum atomic E-state index is 13.3. The molecule has 3 aromatic carbocycles. The zero-order valence-electron chi connectivity index (χ0n) is 18.2. The predicted octanol–water partition coefficient (Wildman–Crippen LogP) is 5.78. The molecule has 0 saturated heterocycles. The van der Waals surface area contributed by atoms with Gasteiger partial charge in [-0.15, -0.1) is 0 Å². The number of esters is 1. The third kappa shape index (κ3) is 6.67. The number of carbonyl (C=O) groups is 2. The Bertz CT molecular complexity index is 1270. The lowest BCUT2D eigenvalue weighted by atomic mass is 10.1. The van der Waals surface area contributed by atoms with Crippen molar-refractivity contribution >= 4 is 35.2 Å². The standard InChI is InChI=1S/C26H20ClFN2O4/c1-2-33-26(32)19-7-9-22(10-8-19)30-25(31)20(15-29)12-17-6-11-24(23(27)14-17)34-16-18-4-3-5-21(28)13-18/h3-14H,2,16H2,1H3,(H,30,31)/b20-12+. The molecule has 34 heavy (non-hydrogen) atoms. The van der Waals surface area contributed by atoms with Gasteiger partial charge in [-0.1, -0.05) is 29.8 Å². The first-order valence-electron chi connectivity index (χ1n) is 10.3. The van der Waals surface area contributed by atoms with E-state index in [0.717, 1.165) is 0 Å². The second-order valence-electron chi connectivity index (χ2n) is 7.03. The lowest BCUT2D eigenvalue weighted by molar-refractivity contribution is -0.112. The molecule has 0 spiro atoms. The van der Waals surface area contributed by atoms with Crippen molar-refractivity contribution < 1.29 is 23.5 Å². The van der Waals surface area contributed by atoms with Crippen molar-refractivity contribution in [2.45, 2.75) is 13.5 Å². The van der Waals surface area contributed by atoms with Crippen LogP contribution >= 0.6 is 11.6 Å². The molecule has 0 aromatic heterocycles. The minimum atomic E-state index is -0.617. The lowest BCUT2D eigenvalue weighted by Gasteiger charge is -2.09. The SMILES string of the molecule is CCOC(=O)c1ccc(NC(=O)/C(C#N)=C/c2ccc(OCc3cccc(F)c3)c(Cl)c2)cc1. The molecule has 0 aliphatic carbocycles. The van der Waals surface area contributed by atoms with Crippen molar-refractivity contribution in [3.63, 3.8) is 0 Å². The van der Waals surface area contributed by atoms with E-state index in [1.165, 1.54) is 30.3 Å². The molecule has 0 saturated carbocycles. The highest BCUT2D eigenvalue weighted by Gasteiger charge is 2.12. The Morgan fingerprint density at radius 1 is 1.12 bits per heavy atom. The van der Waals surface area contributed by atoms with E-state index in [1.807, 2.05) is 6.07 Å². The lowest BCUT2D eigenvalue weighted by Crippen LogP contribution is -2.13. The number of carbonyl (C=O) groups excluding carboxylic acids is 2. The van der Waals surface area contributed by atoms with Gasteiger partial charge in [0.1, 0.15) is 29.8 Å². The largest absolute Gasteiger partial charge is 0.487 e. The molecule has 3 rings (SSSR count). The van der Waals surface area contributed by atoms with Crippen molar-refractivity contribution in [3.05, 3.63) is 99.8 Å². The van der Waals surface area contributed by atoms with Gasteiger partial charge in [-0.05, 0) is 72.7 Å². The smallest absolute Gasteiger partial charge is 0.338 e. The van der Waals surface area contributed by atoms with E-state index in [0.29, 0.717) is 28.1 Å². The fourth-order valence-electron chi connectivity index (χ4n) is 2.93. The Morgan fingerprint density at radius 3 is 2.53 bits per heavy atom. The first-order valence-corrected chi connectivity index (χ1v) is 10.6. The number of ether oxygens (including phenoxy) is 2. The van der Waals surface area contributed by atoms with Crippen LogP contribution in [0, 0.1) is 17.1 Å². The van der Waals surface area contributed by atoms with Crippen LogP contribution in [0.4, 0.5) is 10.1 Å². The second-order valence-corrected chi connectivity index (χ2v) is 7.44. The first kappa shape index (κ1) is 24.5. The van der Waals surface area contributed by atoms with E-state index < -0.39 is 11.9 Å². The maximum absolute atomic E-state index is 13.3. The minimum Gasteiger partial charge on any atom is -0.487 e. The van der Waals surface area contributed by atoms with Crippen LogP contribution in [-0.4, -0.2) is 18.5 Å². The van der Waals surface area contributed by atoms with Crippen LogP contribution in [0.3, 0.4) is 0 Å². The molecular weight excluding hydrogens is 459 g/mol. The summed E-state index contributed by atoms with van der Waals surface area (Å²) < 4.78 is 23.8. The summed E-state index contributed by atoms with van der Waals surface area (Å²) in [6.07, 6.45) is 1.39. The van der Waals surface area contributed by atoms with E-state index in [4.69, 9.17) is 21.1 Å². The number of halogens is 2. The van der Waals surface area contributed by atoms with Gasteiger partial charge < -0.3 is 14.8 Å². The second kappa shape index (κ2) is 11.6. The monoisotopic (exact) mass is 478 g/mol. The molecule has 0 aliphatic heterocycles. The zero-order valence-corrected chi connectivity index (χ0v) is 18.9. The zero-order chi connectivity index (χ0) is 24.5. The molecule has 0 aliphatic rings. The van der Waals surface area contributed by atoms with Gasteiger partial charge >= 0.3 is 5.97 Å². The number of nitriles is 1. The van der Waals surface area contributed by atoms with Crippen molar-refractivity contribution in [2.75, 3.05) is 11.9 Å². The van der Waals surface area contributed by atoms with Crippen molar-refractivity contribution in [1.82, 2.24) is 0 Å². The van der Waals surface area contributed by atoms with E-state index >= 15 is 0 Å². The number of nitrogens with one attached hydrogen (secondary N) is 1. The quantitative estimate of drug-likeness (QED) is 0.252. The molecule has 0 fully saturated rings. The fourth-order valence-corrected chi connectivity index (χ4v) is 3.17. The highest BCUT2D eigenvalue weighted by molar-refractivity contribution is 6.32. The summed E-state index contributed by atoms with van der Waals surface area (Å²) in [5.41, 5.74) is 1.80. The summed E-state index contributed by atoms with van der Waals surface area (Å²) in [4.78, 5) is 24.2. The predicted molar refractivity (Wildman–Crippen MR) is 127 cm³/mol. The Kier molecular flexibility index (Phi) is 8.38. The van der Waals surface area contributed by atoms with Crippen LogP contribution in [0.5, 0.6) is 5.75 Å². The molecule has 3 aromatic rings. The van der Waals surface area contributed by atoms with Crippen LogP contribution in [0.2, 0.25) is 5.02 Å². The number of benzene rings is 3. The van der Waals surface area contributed by atoms with Crippen molar-refractivity contribution in [1.29, 1.82) is 5.26 Å². The molecule has 1 N–H and O–H groups in total. The van der Waals surface area contributed by atoms with Gasteiger partial charge in [0, 0.05) is 5.69 Å². The topological polar surface area (TPSA) is 88.4 Å². The van der Waals surface area contributed by atoms with Gasteiger partial charge in [-0.3, -0.25) is 4.79 Å². The van der Waals surface area contributed by atoms with Crippen LogP contribution in [0.25, 0.3) is 6.08 Å². The number of rotatable bonds is 8. The van der Waals surface area contributed by atoms with Gasteiger partial charge in [0.05, 0.1) is 17.2 Å². The Morgan fingerprint density at radius 2 is 1.88 bits per heavy atom. The molecule has 172 valence electrons. The number of amides is 1. The summed E-state index contributed by atoms with van der Waals surface area (Å²) in [5.74, 6) is -1.05. The summed E-state index contributed by atoms with van der Waals surface area (Å²) in [6.45, 7) is 2.11. The Hall–Kier alpha value is -4.15. The minimum absolute atomic E-state index is 0.132. The van der Waals surface area contributed by atoms with Crippen molar-refractivity contribution in [2.24, 2.45) is 0 Å². The average Bonchev–Trinajstić information content (AvgIpc) is 2.82. The highest BCUT2D eigenvalue weighted by atomic mass is 35.5. The Labute approximate surface area is 201 Å². The molecular formula is C26H20ClFN2O4. The van der Waals surface area contributed by atoms with E-state index in [9.17, 15) is 19.2 Å². The van der Waals surface area contributed by atoms with Crippen molar-refractivity contribution in [3.8, 4) is 11.8 Å². The molecule has 0 radical (unpaired) electrons. The number of hydrogen-bond acceptors (Lipinski definition) is 5.